The Kier molecular flexibility index (Phi) is 6.54. The number of piperazine rings is 1. The van der Waals surface area contributed by atoms with E-state index in [1.54, 1.807) is 12.1 Å². The van der Waals surface area contributed by atoms with Crippen molar-refractivity contribution >= 4 is 35.0 Å². The van der Waals surface area contributed by atoms with Gasteiger partial charge in [-0.15, -0.1) is 0 Å². The topological polar surface area (TPSA) is 49.9 Å². The summed E-state index contributed by atoms with van der Waals surface area (Å²) in [6, 6.07) is 6.21. The minimum atomic E-state index is -1.69. The van der Waals surface area contributed by atoms with Crippen LogP contribution in [-0.2, 0) is 4.79 Å². The molecule has 2 aromatic rings. The lowest BCUT2D eigenvalue weighted by Gasteiger charge is -2.34. The highest BCUT2D eigenvalue weighted by molar-refractivity contribution is 6.35. The van der Waals surface area contributed by atoms with E-state index in [0.717, 1.165) is 6.07 Å². The summed E-state index contributed by atoms with van der Waals surface area (Å²) in [6.07, 6.45) is 0. The fraction of sp³-hybridized carbons (Fsp3) is 0.263. The van der Waals surface area contributed by atoms with Gasteiger partial charge in [0.05, 0.1) is 10.6 Å². The predicted octanol–water partition coefficient (Wildman–Crippen LogP) is 3.77. The standard InChI is InChI=1S/C19H15Cl2F3N2O3/c20-11-1-4-15(13(21)9-11)29-10-16(27)25-5-7-26(8-6-25)19(28)12-2-3-14(22)18(24)17(12)23/h1-4,9H,5-8,10H2. The van der Waals surface area contributed by atoms with Crippen LogP contribution in [0.3, 0.4) is 0 Å². The maximum atomic E-state index is 13.8. The molecular formula is C19H15Cl2F3N2O3. The van der Waals surface area contributed by atoms with Gasteiger partial charge >= 0.3 is 0 Å². The van der Waals surface area contributed by atoms with Gasteiger partial charge in [0.25, 0.3) is 11.8 Å². The summed E-state index contributed by atoms with van der Waals surface area (Å²) in [5.74, 6) is -5.36. The molecule has 29 heavy (non-hydrogen) atoms. The number of nitrogens with zero attached hydrogens (tertiary/aromatic N) is 2. The number of ether oxygens (including phenoxy) is 1. The van der Waals surface area contributed by atoms with E-state index in [1.165, 1.54) is 15.9 Å². The Morgan fingerprint density at radius 2 is 1.59 bits per heavy atom. The highest BCUT2D eigenvalue weighted by atomic mass is 35.5. The molecular weight excluding hydrogens is 432 g/mol. The Morgan fingerprint density at radius 1 is 0.931 bits per heavy atom. The molecule has 3 rings (SSSR count). The maximum absolute atomic E-state index is 13.8. The molecule has 0 N–H and O–H groups in total. The second-order valence-corrected chi connectivity index (χ2v) is 7.10. The van der Waals surface area contributed by atoms with E-state index >= 15 is 0 Å². The number of carbonyl (C=O) groups excluding carboxylic acids is 2. The monoisotopic (exact) mass is 446 g/mol. The quantitative estimate of drug-likeness (QED) is 0.671. The SMILES string of the molecule is O=C(COc1ccc(Cl)cc1Cl)N1CCN(C(=O)c2ccc(F)c(F)c2F)CC1. The largest absolute Gasteiger partial charge is 0.482 e. The zero-order chi connectivity index (χ0) is 21.1. The number of hydrogen-bond donors (Lipinski definition) is 0. The third-order valence-electron chi connectivity index (χ3n) is 4.43. The summed E-state index contributed by atoms with van der Waals surface area (Å²) in [4.78, 5) is 27.4. The van der Waals surface area contributed by atoms with E-state index in [4.69, 9.17) is 27.9 Å². The molecule has 1 aliphatic rings. The molecule has 0 atom stereocenters. The lowest BCUT2D eigenvalue weighted by atomic mass is 10.1. The Bertz CT molecular complexity index is 951. The number of carbonyl (C=O) groups is 2. The van der Waals surface area contributed by atoms with Crippen LogP contribution in [0.2, 0.25) is 10.0 Å². The maximum Gasteiger partial charge on any atom is 0.260 e. The van der Waals surface area contributed by atoms with Gasteiger partial charge in [-0.25, -0.2) is 13.2 Å². The summed E-state index contributed by atoms with van der Waals surface area (Å²) >= 11 is 11.8. The van der Waals surface area contributed by atoms with Crippen LogP contribution in [-0.4, -0.2) is 54.4 Å². The Morgan fingerprint density at radius 3 is 2.24 bits per heavy atom. The van der Waals surface area contributed by atoms with Crippen molar-refractivity contribution in [3.63, 3.8) is 0 Å². The molecule has 0 spiro atoms. The lowest BCUT2D eigenvalue weighted by molar-refractivity contribution is -0.134. The number of amides is 2. The van der Waals surface area contributed by atoms with Crippen molar-refractivity contribution in [2.24, 2.45) is 0 Å². The number of halogens is 5. The average molecular weight is 447 g/mol. The first-order valence-corrected chi connectivity index (χ1v) is 9.32. The van der Waals surface area contributed by atoms with Crippen LogP contribution in [0.4, 0.5) is 13.2 Å². The van der Waals surface area contributed by atoms with Crippen molar-refractivity contribution in [2.75, 3.05) is 32.8 Å². The molecule has 0 aliphatic carbocycles. The van der Waals surface area contributed by atoms with E-state index in [2.05, 4.69) is 0 Å². The van der Waals surface area contributed by atoms with Gasteiger partial charge in [0.15, 0.2) is 24.1 Å². The van der Waals surface area contributed by atoms with Gasteiger partial charge < -0.3 is 14.5 Å². The van der Waals surface area contributed by atoms with Crippen LogP contribution in [0.25, 0.3) is 0 Å². The van der Waals surface area contributed by atoms with Gasteiger partial charge in [0.1, 0.15) is 5.75 Å². The van der Waals surface area contributed by atoms with E-state index in [9.17, 15) is 22.8 Å². The van der Waals surface area contributed by atoms with Gasteiger partial charge in [-0.3, -0.25) is 9.59 Å². The number of benzene rings is 2. The van der Waals surface area contributed by atoms with E-state index in [-0.39, 0.29) is 43.7 Å². The second-order valence-electron chi connectivity index (χ2n) is 6.26. The molecule has 5 nitrogen and oxygen atoms in total. The summed E-state index contributed by atoms with van der Waals surface area (Å²) in [6.45, 7) is 0.351. The molecule has 154 valence electrons. The van der Waals surface area contributed by atoms with Crippen LogP contribution in [0.5, 0.6) is 5.75 Å². The van der Waals surface area contributed by atoms with Crippen molar-refractivity contribution in [1.29, 1.82) is 0 Å². The van der Waals surface area contributed by atoms with Crippen molar-refractivity contribution in [3.8, 4) is 5.75 Å². The minimum Gasteiger partial charge on any atom is -0.482 e. The molecule has 0 bridgehead atoms. The summed E-state index contributed by atoms with van der Waals surface area (Å²) < 4.78 is 45.6. The van der Waals surface area contributed by atoms with Gasteiger partial charge in [0, 0.05) is 31.2 Å². The minimum absolute atomic E-state index is 0.116. The molecule has 1 fully saturated rings. The highest BCUT2D eigenvalue weighted by Gasteiger charge is 2.28. The van der Waals surface area contributed by atoms with E-state index in [0.29, 0.717) is 16.8 Å². The van der Waals surface area contributed by atoms with Gasteiger partial charge in [0.2, 0.25) is 0 Å². The highest BCUT2D eigenvalue weighted by Crippen LogP contribution is 2.27. The van der Waals surface area contributed by atoms with Crippen molar-refractivity contribution in [3.05, 3.63) is 63.4 Å². The molecule has 1 aliphatic heterocycles. The van der Waals surface area contributed by atoms with Gasteiger partial charge in [-0.05, 0) is 30.3 Å². The van der Waals surface area contributed by atoms with Crippen LogP contribution >= 0.6 is 23.2 Å². The van der Waals surface area contributed by atoms with Gasteiger partial charge in [-0.1, -0.05) is 23.2 Å². The van der Waals surface area contributed by atoms with Crippen LogP contribution < -0.4 is 4.74 Å². The summed E-state index contributed by atoms with van der Waals surface area (Å²) in [5.41, 5.74) is -0.551. The van der Waals surface area contributed by atoms with Crippen LogP contribution in [0.15, 0.2) is 30.3 Å². The first-order valence-electron chi connectivity index (χ1n) is 8.56. The first kappa shape index (κ1) is 21.3. The van der Waals surface area contributed by atoms with Crippen LogP contribution in [0.1, 0.15) is 10.4 Å². The lowest BCUT2D eigenvalue weighted by Crippen LogP contribution is -2.51. The zero-order valence-corrected chi connectivity index (χ0v) is 16.4. The number of rotatable bonds is 4. The molecule has 0 saturated carbocycles. The van der Waals surface area contributed by atoms with Crippen molar-refractivity contribution < 1.29 is 27.5 Å². The molecule has 2 aromatic carbocycles. The fourth-order valence-electron chi connectivity index (χ4n) is 2.84. The Balaban J connectivity index is 1.55. The van der Waals surface area contributed by atoms with Crippen molar-refractivity contribution in [1.82, 2.24) is 9.80 Å². The molecule has 10 heteroatoms. The van der Waals surface area contributed by atoms with E-state index in [1.807, 2.05) is 0 Å². The molecule has 1 heterocycles. The molecule has 0 radical (unpaired) electrons. The third-order valence-corrected chi connectivity index (χ3v) is 4.96. The smallest absolute Gasteiger partial charge is 0.260 e. The average Bonchev–Trinajstić information content (AvgIpc) is 2.71. The zero-order valence-electron chi connectivity index (χ0n) is 14.9. The third kappa shape index (κ3) is 4.76. The van der Waals surface area contributed by atoms with E-state index < -0.39 is 28.9 Å². The Labute approximate surface area is 174 Å². The van der Waals surface area contributed by atoms with Crippen molar-refractivity contribution in [2.45, 2.75) is 0 Å². The molecule has 2 amide bonds. The predicted molar refractivity (Wildman–Crippen MR) is 101 cm³/mol. The first-order chi connectivity index (χ1) is 13.8. The molecule has 0 unspecified atom stereocenters. The fourth-order valence-corrected chi connectivity index (χ4v) is 3.31. The molecule has 0 aromatic heterocycles. The van der Waals surface area contributed by atoms with Crippen LogP contribution in [0, 0.1) is 17.5 Å². The Hall–Kier alpha value is -2.45. The summed E-state index contributed by atoms with van der Waals surface area (Å²) in [7, 11) is 0. The number of hydrogen-bond acceptors (Lipinski definition) is 3. The molecule has 1 saturated heterocycles. The second kappa shape index (κ2) is 8.92. The van der Waals surface area contributed by atoms with Gasteiger partial charge in [-0.2, -0.15) is 0 Å². The normalized spacial score (nSPS) is 14.1. The summed E-state index contributed by atoms with van der Waals surface area (Å²) in [5, 5.41) is 0.709.